The maximum absolute atomic E-state index is 5.39. The standard InChI is InChI=1S/C14H20N2O2/c1-10(2)16-6-5-12(8-16)15-11-3-4-13-14(7-11)18-9-17-13/h3-4,7,10,12,15H,5-6,8-9H2,1-2H3. The van der Waals surface area contributed by atoms with Crippen LogP contribution in [0.5, 0.6) is 11.5 Å². The Balaban J connectivity index is 1.63. The fourth-order valence-corrected chi connectivity index (χ4v) is 2.60. The summed E-state index contributed by atoms with van der Waals surface area (Å²) in [4.78, 5) is 2.50. The summed E-state index contributed by atoms with van der Waals surface area (Å²) in [5, 5.41) is 3.58. The zero-order valence-corrected chi connectivity index (χ0v) is 11.0. The first-order chi connectivity index (χ1) is 8.72. The molecule has 0 spiro atoms. The highest BCUT2D eigenvalue weighted by atomic mass is 16.7. The third kappa shape index (κ3) is 2.25. The van der Waals surface area contributed by atoms with E-state index in [4.69, 9.17) is 9.47 Å². The van der Waals surface area contributed by atoms with E-state index in [1.165, 1.54) is 13.0 Å². The number of nitrogens with one attached hydrogen (secondary N) is 1. The summed E-state index contributed by atoms with van der Waals surface area (Å²) in [5.41, 5.74) is 1.12. The molecule has 0 saturated carbocycles. The summed E-state index contributed by atoms with van der Waals surface area (Å²) in [5.74, 6) is 1.69. The first-order valence-electron chi connectivity index (χ1n) is 6.62. The van der Waals surface area contributed by atoms with Gasteiger partial charge in [0.05, 0.1) is 0 Å². The molecule has 1 unspecified atom stereocenters. The van der Waals surface area contributed by atoms with E-state index in [1.54, 1.807) is 0 Å². The van der Waals surface area contributed by atoms with Crippen molar-refractivity contribution in [3.63, 3.8) is 0 Å². The molecule has 0 bridgehead atoms. The average Bonchev–Trinajstić information content (AvgIpc) is 2.96. The van der Waals surface area contributed by atoms with E-state index in [9.17, 15) is 0 Å². The van der Waals surface area contributed by atoms with Crippen LogP contribution in [0.2, 0.25) is 0 Å². The van der Waals surface area contributed by atoms with Gasteiger partial charge in [0, 0.05) is 36.9 Å². The molecule has 1 N–H and O–H groups in total. The van der Waals surface area contributed by atoms with E-state index in [0.29, 0.717) is 18.9 Å². The molecule has 1 aromatic carbocycles. The molecule has 18 heavy (non-hydrogen) atoms. The van der Waals surface area contributed by atoms with Crippen molar-refractivity contribution in [3.05, 3.63) is 18.2 Å². The van der Waals surface area contributed by atoms with Gasteiger partial charge < -0.3 is 14.8 Å². The lowest BCUT2D eigenvalue weighted by Gasteiger charge is -2.20. The second-order valence-corrected chi connectivity index (χ2v) is 5.29. The summed E-state index contributed by atoms with van der Waals surface area (Å²) in [6.45, 7) is 7.14. The number of benzene rings is 1. The third-order valence-electron chi connectivity index (χ3n) is 3.69. The summed E-state index contributed by atoms with van der Waals surface area (Å²) < 4.78 is 10.7. The van der Waals surface area contributed by atoms with E-state index in [-0.39, 0.29) is 0 Å². The Morgan fingerprint density at radius 3 is 2.89 bits per heavy atom. The molecule has 0 amide bonds. The SMILES string of the molecule is CC(C)N1CCC(Nc2ccc3c(c2)OCO3)C1. The topological polar surface area (TPSA) is 33.7 Å². The van der Waals surface area contributed by atoms with Crippen molar-refractivity contribution in [1.82, 2.24) is 4.90 Å². The first kappa shape index (κ1) is 11.7. The summed E-state index contributed by atoms with van der Waals surface area (Å²) in [7, 11) is 0. The zero-order valence-electron chi connectivity index (χ0n) is 11.0. The fraction of sp³-hybridized carbons (Fsp3) is 0.571. The van der Waals surface area contributed by atoms with Crippen molar-refractivity contribution < 1.29 is 9.47 Å². The minimum atomic E-state index is 0.337. The molecule has 4 heteroatoms. The van der Waals surface area contributed by atoms with Crippen molar-refractivity contribution in [2.45, 2.75) is 32.4 Å². The van der Waals surface area contributed by atoms with Gasteiger partial charge in [-0.15, -0.1) is 0 Å². The minimum absolute atomic E-state index is 0.337. The van der Waals surface area contributed by atoms with Gasteiger partial charge in [-0.25, -0.2) is 0 Å². The highest BCUT2D eigenvalue weighted by Gasteiger charge is 2.24. The van der Waals surface area contributed by atoms with Gasteiger partial charge in [0.1, 0.15) is 0 Å². The summed E-state index contributed by atoms with van der Waals surface area (Å²) in [6, 6.07) is 7.23. The summed E-state index contributed by atoms with van der Waals surface area (Å²) in [6.07, 6.45) is 1.20. The van der Waals surface area contributed by atoms with Crippen molar-refractivity contribution in [2.24, 2.45) is 0 Å². The smallest absolute Gasteiger partial charge is 0.231 e. The van der Waals surface area contributed by atoms with Crippen LogP contribution in [0.4, 0.5) is 5.69 Å². The number of ether oxygens (including phenoxy) is 2. The zero-order chi connectivity index (χ0) is 12.5. The Kier molecular flexibility index (Phi) is 3.04. The number of rotatable bonds is 3. The first-order valence-corrected chi connectivity index (χ1v) is 6.62. The van der Waals surface area contributed by atoms with E-state index >= 15 is 0 Å². The van der Waals surface area contributed by atoms with Crippen molar-refractivity contribution in [1.29, 1.82) is 0 Å². The molecule has 1 fully saturated rings. The molecule has 98 valence electrons. The highest BCUT2D eigenvalue weighted by molar-refractivity contribution is 5.56. The Labute approximate surface area is 108 Å². The molecule has 1 atom stereocenters. The van der Waals surface area contributed by atoms with Gasteiger partial charge in [-0.3, -0.25) is 4.90 Å². The van der Waals surface area contributed by atoms with Crippen LogP contribution < -0.4 is 14.8 Å². The Hall–Kier alpha value is -1.42. The van der Waals surface area contributed by atoms with Gasteiger partial charge in [0.2, 0.25) is 6.79 Å². The van der Waals surface area contributed by atoms with E-state index < -0.39 is 0 Å². The number of hydrogen-bond donors (Lipinski definition) is 1. The lowest BCUT2D eigenvalue weighted by molar-refractivity contribution is 0.174. The Morgan fingerprint density at radius 1 is 1.28 bits per heavy atom. The van der Waals surface area contributed by atoms with Crippen LogP contribution in [0, 0.1) is 0 Å². The number of anilines is 1. The van der Waals surface area contributed by atoms with E-state index in [2.05, 4.69) is 30.1 Å². The molecule has 3 rings (SSSR count). The Bertz CT molecular complexity index is 434. The fourth-order valence-electron chi connectivity index (χ4n) is 2.60. The molecule has 0 radical (unpaired) electrons. The lowest BCUT2D eigenvalue weighted by atomic mass is 10.2. The number of fused-ring (bicyclic) bond motifs is 1. The van der Waals surface area contributed by atoms with Crippen molar-refractivity contribution in [2.75, 3.05) is 25.2 Å². The molecule has 2 aliphatic rings. The van der Waals surface area contributed by atoms with Gasteiger partial charge in [-0.05, 0) is 32.4 Å². The second kappa shape index (κ2) is 4.69. The normalized spacial score (nSPS) is 22.7. The number of likely N-dealkylation sites (tertiary alicyclic amines) is 1. The minimum Gasteiger partial charge on any atom is -0.454 e. The number of nitrogens with zero attached hydrogens (tertiary/aromatic N) is 1. The molecule has 2 heterocycles. The molecule has 0 aliphatic carbocycles. The van der Waals surface area contributed by atoms with Crippen LogP contribution in [0.15, 0.2) is 18.2 Å². The average molecular weight is 248 g/mol. The van der Waals surface area contributed by atoms with Crippen molar-refractivity contribution in [3.8, 4) is 11.5 Å². The molecule has 2 aliphatic heterocycles. The molecule has 1 aromatic rings. The predicted octanol–water partition coefficient (Wildman–Crippen LogP) is 2.31. The maximum Gasteiger partial charge on any atom is 0.231 e. The monoisotopic (exact) mass is 248 g/mol. The quantitative estimate of drug-likeness (QED) is 0.890. The third-order valence-corrected chi connectivity index (χ3v) is 3.69. The van der Waals surface area contributed by atoms with Gasteiger partial charge in [0.25, 0.3) is 0 Å². The van der Waals surface area contributed by atoms with Gasteiger partial charge >= 0.3 is 0 Å². The second-order valence-electron chi connectivity index (χ2n) is 5.29. The summed E-state index contributed by atoms with van der Waals surface area (Å²) >= 11 is 0. The van der Waals surface area contributed by atoms with Gasteiger partial charge in [-0.2, -0.15) is 0 Å². The van der Waals surface area contributed by atoms with Gasteiger partial charge in [0.15, 0.2) is 11.5 Å². The number of hydrogen-bond acceptors (Lipinski definition) is 4. The van der Waals surface area contributed by atoms with Crippen LogP contribution in [0.25, 0.3) is 0 Å². The maximum atomic E-state index is 5.39. The molecule has 1 saturated heterocycles. The lowest BCUT2D eigenvalue weighted by Crippen LogP contribution is -2.31. The molecular formula is C14H20N2O2. The highest BCUT2D eigenvalue weighted by Crippen LogP contribution is 2.34. The predicted molar refractivity (Wildman–Crippen MR) is 71.3 cm³/mol. The van der Waals surface area contributed by atoms with Crippen LogP contribution >= 0.6 is 0 Å². The van der Waals surface area contributed by atoms with E-state index in [1.807, 2.05) is 12.1 Å². The van der Waals surface area contributed by atoms with Crippen LogP contribution in [-0.4, -0.2) is 36.9 Å². The van der Waals surface area contributed by atoms with Crippen LogP contribution in [-0.2, 0) is 0 Å². The largest absolute Gasteiger partial charge is 0.454 e. The van der Waals surface area contributed by atoms with Crippen LogP contribution in [0.1, 0.15) is 20.3 Å². The molecule has 0 aromatic heterocycles. The molecule has 4 nitrogen and oxygen atoms in total. The van der Waals surface area contributed by atoms with Gasteiger partial charge in [-0.1, -0.05) is 0 Å². The van der Waals surface area contributed by atoms with E-state index in [0.717, 1.165) is 23.7 Å². The van der Waals surface area contributed by atoms with Crippen molar-refractivity contribution >= 4 is 5.69 Å². The molecular weight excluding hydrogens is 228 g/mol. The van der Waals surface area contributed by atoms with Crippen LogP contribution in [0.3, 0.4) is 0 Å². The Morgan fingerprint density at radius 2 is 2.11 bits per heavy atom.